The van der Waals surface area contributed by atoms with Crippen molar-refractivity contribution in [3.8, 4) is 0 Å². The largest absolute Gasteiger partial charge is 0.340 e. The van der Waals surface area contributed by atoms with Crippen molar-refractivity contribution in [2.45, 2.75) is 25.7 Å². The third kappa shape index (κ3) is 5.16. The molecule has 0 unspecified atom stereocenters. The van der Waals surface area contributed by atoms with Crippen molar-refractivity contribution in [3.05, 3.63) is 61.1 Å². The van der Waals surface area contributed by atoms with E-state index in [1.54, 1.807) is 12.3 Å². The van der Waals surface area contributed by atoms with E-state index in [0.717, 1.165) is 11.4 Å². The molecule has 0 spiro atoms. The van der Waals surface area contributed by atoms with Crippen LogP contribution in [0.25, 0.3) is 0 Å². The molecule has 1 aliphatic rings. The first-order valence-corrected chi connectivity index (χ1v) is 9.85. The molecule has 1 aromatic carbocycles. The molecule has 1 fully saturated rings. The van der Waals surface area contributed by atoms with Gasteiger partial charge < -0.3 is 16.0 Å². The molecule has 0 aliphatic heterocycles. The Morgan fingerprint density at radius 3 is 2.23 bits per heavy atom. The van der Waals surface area contributed by atoms with Gasteiger partial charge in [-0.05, 0) is 49.2 Å². The van der Waals surface area contributed by atoms with Crippen LogP contribution in [0.3, 0.4) is 0 Å². The molecule has 0 atom stereocenters. The second-order valence-corrected chi connectivity index (χ2v) is 7.13. The van der Waals surface area contributed by atoms with Gasteiger partial charge in [-0.3, -0.25) is 9.59 Å². The molecule has 30 heavy (non-hydrogen) atoms. The SMILES string of the molecule is O=C1CCC(C(=O)Nc2ccc(Nc3cc(Nc4ccccn4)ncn3)cc2)CC1. The topological polar surface area (TPSA) is 109 Å². The van der Waals surface area contributed by atoms with Gasteiger partial charge in [0.05, 0.1) is 0 Å². The van der Waals surface area contributed by atoms with Crippen LogP contribution >= 0.6 is 0 Å². The van der Waals surface area contributed by atoms with Crippen molar-refractivity contribution in [2.75, 3.05) is 16.0 Å². The van der Waals surface area contributed by atoms with Gasteiger partial charge in [-0.25, -0.2) is 15.0 Å². The fourth-order valence-electron chi connectivity index (χ4n) is 3.29. The van der Waals surface area contributed by atoms with Crippen LogP contribution < -0.4 is 16.0 Å². The average molecular weight is 402 g/mol. The Bertz CT molecular complexity index is 1010. The second-order valence-electron chi connectivity index (χ2n) is 7.13. The highest BCUT2D eigenvalue weighted by atomic mass is 16.2. The van der Waals surface area contributed by atoms with Crippen LogP contribution in [-0.2, 0) is 9.59 Å². The number of rotatable bonds is 6. The quantitative estimate of drug-likeness (QED) is 0.570. The molecule has 1 amide bonds. The summed E-state index contributed by atoms with van der Waals surface area (Å²) in [6, 6.07) is 14.8. The van der Waals surface area contributed by atoms with E-state index in [-0.39, 0.29) is 17.6 Å². The molecular formula is C22H22N6O2. The molecule has 1 aliphatic carbocycles. The Labute approximate surface area is 174 Å². The van der Waals surface area contributed by atoms with Gasteiger partial charge in [0.2, 0.25) is 5.91 Å². The van der Waals surface area contributed by atoms with Crippen molar-refractivity contribution in [3.63, 3.8) is 0 Å². The number of aromatic nitrogens is 3. The lowest BCUT2D eigenvalue weighted by molar-refractivity contribution is -0.125. The summed E-state index contributed by atoms with van der Waals surface area (Å²) in [6.45, 7) is 0. The van der Waals surface area contributed by atoms with Crippen LogP contribution in [0.4, 0.5) is 28.8 Å². The number of anilines is 5. The zero-order valence-corrected chi connectivity index (χ0v) is 16.3. The molecular weight excluding hydrogens is 380 g/mol. The third-order valence-corrected chi connectivity index (χ3v) is 4.93. The lowest BCUT2D eigenvalue weighted by Gasteiger charge is -2.20. The third-order valence-electron chi connectivity index (χ3n) is 4.93. The van der Waals surface area contributed by atoms with E-state index < -0.39 is 0 Å². The van der Waals surface area contributed by atoms with Gasteiger partial charge in [0.25, 0.3) is 0 Å². The number of pyridine rings is 1. The maximum Gasteiger partial charge on any atom is 0.227 e. The van der Waals surface area contributed by atoms with E-state index in [2.05, 4.69) is 30.9 Å². The minimum Gasteiger partial charge on any atom is -0.340 e. The molecule has 8 nitrogen and oxygen atoms in total. The van der Waals surface area contributed by atoms with Gasteiger partial charge >= 0.3 is 0 Å². The number of ketones is 1. The lowest BCUT2D eigenvalue weighted by Crippen LogP contribution is -2.27. The van der Waals surface area contributed by atoms with Gasteiger partial charge in [-0.2, -0.15) is 0 Å². The highest BCUT2D eigenvalue weighted by Gasteiger charge is 2.24. The van der Waals surface area contributed by atoms with Crippen molar-refractivity contribution < 1.29 is 9.59 Å². The number of hydrogen-bond donors (Lipinski definition) is 3. The summed E-state index contributed by atoms with van der Waals surface area (Å²) in [7, 11) is 0. The second kappa shape index (κ2) is 9.13. The summed E-state index contributed by atoms with van der Waals surface area (Å²) in [4.78, 5) is 36.4. The zero-order valence-electron chi connectivity index (χ0n) is 16.3. The minimum atomic E-state index is -0.0912. The number of hydrogen-bond acceptors (Lipinski definition) is 7. The number of nitrogens with one attached hydrogen (secondary N) is 3. The predicted molar refractivity (Wildman–Crippen MR) is 115 cm³/mol. The maximum absolute atomic E-state index is 12.4. The molecule has 4 rings (SSSR count). The molecule has 1 saturated carbocycles. The summed E-state index contributed by atoms with van der Waals surface area (Å²) in [6.07, 6.45) is 5.43. The van der Waals surface area contributed by atoms with E-state index in [1.807, 2.05) is 42.5 Å². The number of carbonyl (C=O) groups excluding carboxylic acids is 2. The Hall–Kier alpha value is -3.81. The van der Waals surface area contributed by atoms with E-state index in [4.69, 9.17) is 0 Å². The summed E-state index contributed by atoms with van der Waals surface area (Å²) in [5, 5.41) is 9.27. The molecule has 152 valence electrons. The lowest BCUT2D eigenvalue weighted by atomic mass is 9.88. The van der Waals surface area contributed by atoms with Gasteiger partial charge in [0, 0.05) is 42.4 Å². The number of benzene rings is 1. The van der Waals surface area contributed by atoms with Crippen molar-refractivity contribution in [2.24, 2.45) is 5.92 Å². The van der Waals surface area contributed by atoms with Crippen molar-refractivity contribution in [1.29, 1.82) is 0 Å². The first kappa shape index (κ1) is 19.5. The first-order valence-electron chi connectivity index (χ1n) is 9.85. The predicted octanol–water partition coefficient (Wildman–Crippen LogP) is 4.06. The van der Waals surface area contributed by atoms with E-state index in [9.17, 15) is 9.59 Å². The first-order chi connectivity index (χ1) is 14.7. The van der Waals surface area contributed by atoms with Crippen molar-refractivity contribution >= 4 is 40.5 Å². The van der Waals surface area contributed by atoms with E-state index in [1.165, 1.54) is 6.33 Å². The van der Waals surface area contributed by atoms with Crippen LogP contribution in [0, 0.1) is 5.92 Å². The van der Waals surface area contributed by atoms with Crippen molar-refractivity contribution in [1.82, 2.24) is 15.0 Å². The van der Waals surface area contributed by atoms with Crippen LogP contribution in [0.2, 0.25) is 0 Å². The molecule has 0 bridgehead atoms. The molecule has 3 aromatic rings. The molecule has 2 aromatic heterocycles. The van der Waals surface area contributed by atoms with Crippen LogP contribution in [0.5, 0.6) is 0 Å². The maximum atomic E-state index is 12.4. The summed E-state index contributed by atoms with van der Waals surface area (Å²) >= 11 is 0. The zero-order chi connectivity index (χ0) is 20.8. The van der Waals surface area contributed by atoms with Crippen LogP contribution in [0.1, 0.15) is 25.7 Å². The average Bonchev–Trinajstić information content (AvgIpc) is 2.76. The van der Waals surface area contributed by atoms with E-state index in [0.29, 0.717) is 43.1 Å². The Balaban J connectivity index is 1.35. The fraction of sp³-hybridized carbons (Fsp3) is 0.227. The number of Topliss-reactive ketones (excluding diaryl/α,β-unsaturated/α-hetero) is 1. The van der Waals surface area contributed by atoms with Crippen LogP contribution in [-0.4, -0.2) is 26.6 Å². The van der Waals surface area contributed by atoms with Gasteiger partial charge in [0.15, 0.2) is 0 Å². The smallest absolute Gasteiger partial charge is 0.227 e. The number of amides is 1. The molecule has 2 heterocycles. The highest BCUT2D eigenvalue weighted by molar-refractivity contribution is 5.94. The van der Waals surface area contributed by atoms with Gasteiger partial charge in [0.1, 0.15) is 29.6 Å². The minimum absolute atomic E-state index is 0.0238. The molecule has 8 heteroatoms. The highest BCUT2D eigenvalue weighted by Crippen LogP contribution is 2.24. The summed E-state index contributed by atoms with van der Waals surface area (Å²) in [5.41, 5.74) is 1.56. The molecule has 0 radical (unpaired) electrons. The normalized spacial score (nSPS) is 14.2. The Morgan fingerprint density at radius 1 is 0.833 bits per heavy atom. The fourth-order valence-corrected chi connectivity index (χ4v) is 3.29. The number of nitrogens with zero attached hydrogens (tertiary/aromatic N) is 3. The standard InChI is InChI=1S/C22H22N6O2/c29-18-10-4-15(5-11-18)22(30)27-17-8-6-16(7-9-17)26-20-13-21(25-14-24-20)28-19-3-1-2-12-23-19/h1-3,6-9,12-15H,4-5,10-11H2,(H,27,30)(H2,23,24,25,26,28). The molecule has 3 N–H and O–H groups in total. The summed E-state index contributed by atoms with van der Waals surface area (Å²) in [5.74, 6) is 2.09. The number of carbonyl (C=O) groups is 2. The molecule has 0 saturated heterocycles. The van der Waals surface area contributed by atoms with Crippen LogP contribution in [0.15, 0.2) is 61.1 Å². The van der Waals surface area contributed by atoms with Gasteiger partial charge in [-0.1, -0.05) is 6.07 Å². The Morgan fingerprint density at radius 2 is 1.53 bits per heavy atom. The van der Waals surface area contributed by atoms with E-state index >= 15 is 0 Å². The Kier molecular flexibility index (Phi) is 5.93. The summed E-state index contributed by atoms with van der Waals surface area (Å²) < 4.78 is 0. The monoisotopic (exact) mass is 402 g/mol. The van der Waals surface area contributed by atoms with Gasteiger partial charge in [-0.15, -0.1) is 0 Å².